The fourth-order valence-electron chi connectivity index (χ4n) is 1.24. The van der Waals surface area contributed by atoms with Gasteiger partial charge in [-0.2, -0.15) is 0 Å². The fraction of sp³-hybridized carbons (Fsp3) is 0.286. The monoisotopic (exact) mass is 311 g/mol. The van der Waals surface area contributed by atoms with Crippen LogP contribution >= 0.6 is 0 Å². The van der Waals surface area contributed by atoms with Crippen molar-refractivity contribution in [1.29, 1.82) is 0 Å². The van der Waals surface area contributed by atoms with Crippen LogP contribution in [0.3, 0.4) is 0 Å². The molecule has 1 amide bonds. The van der Waals surface area contributed by atoms with Crippen LogP contribution in [0.2, 0.25) is 0 Å². The number of carbonyl (C=O) groups is 4. The van der Waals surface area contributed by atoms with E-state index in [0.29, 0.717) is 5.56 Å². The third-order valence-electron chi connectivity index (χ3n) is 2.22. The molecule has 8 heteroatoms. The topological polar surface area (TPSA) is 141 Å². The van der Waals surface area contributed by atoms with Crippen LogP contribution in [-0.4, -0.2) is 45.7 Å². The highest BCUT2D eigenvalue weighted by Gasteiger charge is 2.04. The number of hydrogen-bond donors (Lipinski definition) is 4. The summed E-state index contributed by atoms with van der Waals surface area (Å²) in [7, 11) is 0. The van der Waals surface area contributed by atoms with Gasteiger partial charge in [0, 0.05) is 18.4 Å². The quantitative estimate of drug-likeness (QED) is 0.584. The summed E-state index contributed by atoms with van der Waals surface area (Å²) in [5.74, 6) is -3.32. The van der Waals surface area contributed by atoms with Crippen molar-refractivity contribution in [3.05, 3.63) is 35.9 Å². The van der Waals surface area contributed by atoms with E-state index < -0.39 is 17.9 Å². The van der Waals surface area contributed by atoms with Gasteiger partial charge in [-0.25, -0.2) is 0 Å². The zero-order chi connectivity index (χ0) is 17.0. The van der Waals surface area contributed by atoms with E-state index in [2.05, 4.69) is 5.32 Å². The second-order valence-corrected chi connectivity index (χ2v) is 4.08. The predicted octanol–water partition coefficient (Wildman–Crippen LogP) is 0.827. The number of carboxylic acids is 3. The van der Waals surface area contributed by atoms with E-state index in [0.717, 1.165) is 0 Å². The molecule has 0 atom stereocenters. The number of nitrogens with one attached hydrogen (secondary N) is 1. The molecule has 22 heavy (non-hydrogen) atoms. The van der Waals surface area contributed by atoms with Crippen LogP contribution in [-0.2, 0) is 14.4 Å². The SMILES string of the molecule is O=C(O)CCCC(=O)O.O=C(O)CNC(=O)c1ccccc1. The zero-order valence-corrected chi connectivity index (χ0v) is 11.7. The van der Waals surface area contributed by atoms with Gasteiger partial charge in [0.05, 0.1) is 0 Å². The average molecular weight is 311 g/mol. The molecule has 1 aromatic carbocycles. The van der Waals surface area contributed by atoms with Crippen LogP contribution in [0.15, 0.2) is 30.3 Å². The predicted molar refractivity (Wildman–Crippen MR) is 75.5 cm³/mol. The molecule has 0 heterocycles. The first-order chi connectivity index (χ1) is 10.3. The highest BCUT2D eigenvalue weighted by Crippen LogP contribution is 1.97. The Morgan fingerprint density at radius 1 is 0.818 bits per heavy atom. The Hall–Kier alpha value is -2.90. The molecule has 8 nitrogen and oxygen atoms in total. The van der Waals surface area contributed by atoms with Crippen LogP contribution in [0.1, 0.15) is 29.6 Å². The molecule has 0 aromatic heterocycles. The molecule has 1 aromatic rings. The second kappa shape index (κ2) is 10.8. The Morgan fingerprint density at radius 2 is 1.32 bits per heavy atom. The van der Waals surface area contributed by atoms with E-state index >= 15 is 0 Å². The third-order valence-corrected chi connectivity index (χ3v) is 2.22. The lowest BCUT2D eigenvalue weighted by Gasteiger charge is -2.00. The van der Waals surface area contributed by atoms with E-state index in [1.165, 1.54) is 0 Å². The summed E-state index contributed by atoms with van der Waals surface area (Å²) >= 11 is 0. The molecule has 0 unspecified atom stereocenters. The van der Waals surface area contributed by atoms with E-state index in [4.69, 9.17) is 15.3 Å². The maximum Gasteiger partial charge on any atom is 0.322 e. The molecule has 0 saturated heterocycles. The van der Waals surface area contributed by atoms with Gasteiger partial charge >= 0.3 is 17.9 Å². The van der Waals surface area contributed by atoms with Gasteiger partial charge < -0.3 is 20.6 Å². The van der Waals surface area contributed by atoms with Crippen molar-refractivity contribution in [3.63, 3.8) is 0 Å². The summed E-state index contributed by atoms with van der Waals surface area (Å²) in [6, 6.07) is 8.47. The molecule has 0 spiro atoms. The first-order valence-corrected chi connectivity index (χ1v) is 6.31. The van der Waals surface area contributed by atoms with Crippen molar-refractivity contribution in [2.75, 3.05) is 6.54 Å². The number of benzene rings is 1. The molecular weight excluding hydrogens is 294 g/mol. The van der Waals surface area contributed by atoms with Gasteiger partial charge in [0.15, 0.2) is 0 Å². The normalized spacial score (nSPS) is 9.09. The molecule has 1 rings (SSSR count). The molecule has 0 bridgehead atoms. The number of rotatable bonds is 7. The number of amides is 1. The minimum absolute atomic E-state index is 0.0632. The molecule has 0 radical (unpaired) electrons. The summed E-state index contributed by atoms with van der Waals surface area (Å²) in [5, 5.41) is 26.6. The van der Waals surface area contributed by atoms with Crippen molar-refractivity contribution < 1.29 is 34.5 Å². The molecule has 4 N–H and O–H groups in total. The lowest BCUT2D eigenvalue weighted by Crippen LogP contribution is -2.29. The minimum atomic E-state index is -1.05. The van der Waals surface area contributed by atoms with Gasteiger partial charge in [-0.3, -0.25) is 19.2 Å². The molecule has 0 aliphatic heterocycles. The van der Waals surface area contributed by atoms with Gasteiger partial charge in [0.1, 0.15) is 6.54 Å². The Kier molecular flexibility index (Phi) is 9.41. The Morgan fingerprint density at radius 3 is 1.73 bits per heavy atom. The standard InChI is InChI=1S/C9H9NO3.C5H8O4/c11-8(12)6-10-9(13)7-4-2-1-3-5-7;6-4(7)2-1-3-5(8)9/h1-5H,6H2,(H,10,13)(H,11,12);1-3H2,(H,6,7)(H,8,9). The van der Waals surface area contributed by atoms with Crippen molar-refractivity contribution in [2.24, 2.45) is 0 Å². The number of carboxylic acid groups (broad SMARTS) is 3. The summed E-state index contributed by atoms with van der Waals surface area (Å²) < 4.78 is 0. The highest BCUT2D eigenvalue weighted by atomic mass is 16.4. The summed E-state index contributed by atoms with van der Waals surface area (Å²) in [6.07, 6.45) is 0.0866. The molecule has 0 fully saturated rings. The van der Waals surface area contributed by atoms with Crippen molar-refractivity contribution >= 4 is 23.8 Å². The largest absolute Gasteiger partial charge is 0.481 e. The fourth-order valence-corrected chi connectivity index (χ4v) is 1.24. The Balaban J connectivity index is 0.000000433. The lowest BCUT2D eigenvalue weighted by molar-refractivity contribution is -0.139. The molecule has 0 aliphatic rings. The number of carbonyl (C=O) groups excluding carboxylic acids is 1. The van der Waals surface area contributed by atoms with Gasteiger partial charge in [-0.15, -0.1) is 0 Å². The van der Waals surface area contributed by atoms with Crippen molar-refractivity contribution in [1.82, 2.24) is 5.32 Å². The van der Waals surface area contributed by atoms with Crippen LogP contribution < -0.4 is 5.32 Å². The van der Waals surface area contributed by atoms with Crippen molar-refractivity contribution in [3.8, 4) is 0 Å². The van der Waals surface area contributed by atoms with Gasteiger partial charge in [0.25, 0.3) is 5.91 Å². The van der Waals surface area contributed by atoms with Crippen LogP contribution in [0, 0.1) is 0 Å². The lowest BCUT2D eigenvalue weighted by atomic mass is 10.2. The smallest absolute Gasteiger partial charge is 0.322 e. The van der Waals surface area contributed by atoms with Gasteiger partial charge in [0.2, 0.25) is 0 Å². The van der Waals surface area contributed by atoms with E-state index in [9.17, 15) is 19.2 Å². The molecular formula is C14H17NO7. The molecule has 120 valence electrons. The first kappa shape index (κ1) is 19.1. The zero-order valence-electron chi connectivity index (χ0n) is 11.7. The maximum atomic E-state index is 11.2. The maximum absolute atomic E-state index is 11.2. The highest BCUT2D eigenvalue weighted by molar-refractivity contribution is 5.95. The van der Waals surface area contributed by atoms with Crippen molar-refractivity contribution in [2.45, 2.75) is 19.3 Å². The van der Waals surface area contributed by atoms with E-state index in [1.807, 2.05) is 0 Å². The summed E-state index contributed by atoms with van der Waals surface area (Å²) in [6.45, 7) is -0.353. The Labute approximate surface area is 126 Å². The van der Waals surface area contributed by atoms with Gasteiger partial charge in [-0.05, 0) is 18.6 Å². The first-order valence-electron chi connectivity index (χ1n) is 6.31. The number of hydrogen-bond acceptors (Lipinski definition) is 4. The average Bonchev–Trinajstić information content (AvgIpc) is 2.45. The van der Waals surface area contributed by atoms with E-state index in [-0.39, 0.29) is 31.7 Å². The minimum Gasteiger partial charge on any atom is -0.481 e. The Bertz CT molecular complexity index is 499. The van der Waals surface area contributed by atoms with Crippen LogP contribution in [0.5, 0.6) is 0 Å². The van der Waals surface area contributed by atoms with Crippen LogP contribution in [0.25, 0.3) is 0 Å². The van der Waals surface area contributed by atoms with Crippen LogP contribution in [0.4, 0.5) is 0 Å². The number of aliphatic carboxylic acids is 3. The summed E-state index contributed by atoms with van der Waals surface area (Å²) in [4.78, 5) is 40.9. The summed E-state index contributed by atoms with van der Waals surface area (Å²) in [5.41, 5.74) is 0.462. The molecule has 0 aliphatic carbocycles. The van der Waals surface area contributed by atoms with E-state index in [1.54, 1.807) is 30.3 Å². The second-order valence-electron chi connectivity index (χ2n) is 4.08. The van der Waals surface area contributed by atoms with Gasteiger partial charge in [-0.1, -0.05) is 18.2 Å². The third kappa shape index (κ3) is 11.0. The molecule has 0 saturated carbocycles.